The van der Waals surface area contributed by atoms with E-state index in [0.29, 0.717) is 0 Å². The Bertz CT molecular complexity index is 5090. The molecule has 13 heteroatoms. The van der Waals surface area contributed by atoms with Gasteiger partial charge < -0.3 is 29.3 Å². The summed E-state index contributed by atoms with van der Waals surface area (Å²) in [5.41, 5.74) is 39.8. The minimum absolute atomic E-state index is 0. The largest absolute Gasteiger partial charge is 2.00 e. The van der Waals surface area contributed by atoms with Crippen LogP contribution in [0.5, 0.6) is 0 Å². The number of aromatic nitrogens is 7. The van der Waals surface area contributed by atoms with Gasteiger partial charge in [-0.3, -0.25) is 0 Å². The van der Waals surface area contributed by atoms with E-state index in [1.54, 1.807) is 10.8 Å². The number of allylic oxidation sites excluding steroid dienone is 4. The molecule has 0 amide bonds. The summed E-state index contributed by atoms with van der Waals surface area (Å²) in [6.45, 7) is 30.4. The molecule has 0 aliphatic carbocycles. The summed E-state index contributed by atoms with van der Waals surface area (Å²) in [4.78, 5) is 29.8. The van der Waals surface area contributed by atoms with Gasteiger partial charge in [-0.05, 0) is 228 Å². The first-order valence-electron chi connectivity index (χ1n) is 39.9. The molecule has 7 heterocycles. The van der Waals surface area contributed by atoms with Crippen LogP contribution in [-0.2, 0) is 66.9 Å². The second kappa shape index (κ2) is 43.1. The van der Waals surface area contributed by atoms with Gasteiger partial charge in [0.1, 0.15) is 0 Å². The van der Waals surface area contributed by atoms with Gasteiger partial charge in [0.25, 0.3) is 7.98 Å². The summed E-state index contributed by atoms with van der Waals surface area (Å²) < 4.78 is 1.62. The number of aryl methyl sites for hydroxylation is 10. The summed E-state index contributed by atoms with van der Waals surface area (Å²) in [6.07, 6.45) is 18.1. The zero-order chi connectivity index (χ0) is 78.8. The Balaban J connectivity index is 0.000000210. The van der Waals surface area contributed by atoms with Gasteiger partial charge in [-0.1, -0.05) is 258 Å². The molecular weight excluding hydrogens is 1900 g/mol. The summed E-state index contributed by atoms with van der Waals surface area (Å²) >= 11 is 0. The maximum Gasteiger partial charge on any atom is 2.00 e. The first kappa shape index (κ1) is 89.7. The van der Waals surface area contributed by atoms with Crippen LogP contribution in [0.4, 0.5) is 34.1 Å². The molecule has 0 spiro atoms. The van der Waals surface area contributed by atoms with E-state index in [1.165, 1.54) is 77.9 Å². The fraction of sp³-hybridized carbons (Fsp3) is 0.216. The standard InChI is InChI=1S/C50H44N2.C36H44N4.C11H8N.C5H8BN2.Eu.Ir.Pt/c1-37-5-25-45(26-6-37)51(46-27-7-38(2)8-28-46)49-33-21-43(22-34-49)19-17-41-13-15-42(16-14-41)18-20-44-23-35-50(36-24-44)52(47-29-9-39(3)10-30-47)48-31-11-40(4)12-32-48;1-9-21-22(10-2)30-18-32-25(13-5)26(14-6)34(39-32)20-36-28(16-8)27(15-7)35(40-36)19-33-24(12-4)23(11-3)31(38-33)17-29(21)37-30;1-2-6-10(7-3-1)11-8-4-5-9-12-11;1-4-3-5(2)8(6)7-4;;;/h5-36H,1-4H3;17-20H,9-16H2,1-8H3;1-6,8-9H;3,6H,1-2H3;;;/q;-2;-1;;;;+2/b19-17+,20-18+;;;;;;. The molecule has 2 aliphatic heterocycles. The number of anilines is 6. The number of hydrogen-bond acceptors (Lipinski definition) is 6. The molecule has 0 saturated heterocycles. The molecule has 0 unspecified atom stereocenters. The van der Waals surface area contributed by atoms with Crippen LogP contribution in [0.1, 0.15) is 182 Å². The van der Waals surface area contributed by atoms with Crippen LogP contribution in [0.25, 0.3) is 79.9 Å². The predicted molar refractivity (Wildman–Crippen MR) is 479 cm³/mol. The Labute approximate surface area is 753 Å². The van der Waals surface area contributed by atoms with E-state index in [1.807, 2.05) is 62.4 Å². The summed E-state index contributed by atoms with van der Waals surface area (Å²) in [6, 6.07) is 88.8. The van der Waals surface area contributed by atoms with Crippen molar-refractivity contribution in [2.24, 2.45) is 0 Å². The summed E-state index contributed by atoms with van der Waals surface area (Å²) in [7, 11) is 3.65. The van der Waals surface area contributed by atoms with E-state index in [9.17, 15) is 0 Å². The van der Waals surface area contributed by atoms with Gasteiger partial charge in [0, 0.05) is 115 Å². The van der Waals surface area contributed by atoms with E-state index >= 15 is 0 Å². The van der Waals surface area contributed by atoms with Crippen molar-refractivity contribution in [2.75, 3.05) is 9.80 Å². The molecule has 3 radical (unpaired) electrons. The molecule has 587 valence electrons. The summed E-state index contributed by atoms with van der Waals surface area (Å²) in [5.74, 6) is 0. The molecule has 0 atom stereocenters. The topological polar surface area (TPSA) is 91.2 Å². The van der Waals surface area contributed by atoms with Crippen LogP contribution in [-0.4, -0.2) is 32.6 Å². The van der Waals surface area contributed by atoms with Gasteiger partial charge in [0.2, 0.25) is 0 Å². The van der Waals surface area contributed by atoms with Crippen LogP contribution in [0.3, 0.4) is 0 Å². The Hall–Kier alpha value is -9.21. The number of hydrogen-bond donors (Lipinski definition) is 0. The SMILES string of the molecule is CCC1=C(CC)c2cc3[n-]c(cc4nc(cc5[n-]c(cc1n2)c(CC)c5CC)C(CC)=C4CC)c(CC)c3CC.Cc1ccc(N(c2ccc(C)cc2)c2ccc(/C=C/c3ccc(/C=C/c4ccc(N(c5ccc(C)cc5)c5ccc(C)cc5)cc4)cc3)cc2)cc1.[BH]n1nc(C)cc1C.[Eu].[Ir].[Pt+2].[c-]1ccccc1-c1ccccn1. The smallest absolute Gasteiger partial charge is 0.657 e. The number of nitrogens with zero attached hydrogens (tertiary/aromatic N) is 9. The number of pyridine rings is 1. The number of benzene rings is 8. The quantitative estimate of drug-likeness (QED) is 0.0449. The Morgan fingerprint density at radius 1 is 0.357 bits per heavy atom. The Morgan fingerprint density at radius 2 is 0.643 bits per heavy atom. The van der Waals surface area contributed by atoms with E-state index in [0.717, 1.165) is 164 Å². The van der Waals surface area contributed by atoms with Crippen molar-refractivity contribution in [1.82, 2.24) is 34.6 Å². The van der Waals surface area contributed by atoms with Crippen molar-refractivity contribution in [3.8, 4) is 11.3 Å². The van der Waals surface area contributed by atoms with E-state index < -0.39 is 0 Å². The van der Waals surface area contributed by atoms with Gasteiger partial charge >= 0.3 is 21.1 Å². The van der Waals surface area contributed by atoms with E-state index in [4.69, 9.17) is 19.9 Å². The number of fused-ring (bicyclic) bond motifs is 8. The minimum Gasteiger partial charge on any atom is -0.657 e. The third kappa shape index (κ3) is 22.3. The molecule has 8 aromatic carbocycles. The third-order valence-corrected chi connectivity index (χ3v) is 20.9. The van der Waals surface area contributed by atoms with Crippen molar-refractivity contribution in [2.45, 2.75) is 148 Å². The maximum atomic E-state index is 5.25. The molecule has 2 aliphatic rings. The molecule has 115 heavy (non-hydrogen) atoms. The summed E-state index contributed by atoms with van der Waals surface area (Å²) in [5, 5.41) is 4.02. The zero-order valence-corrected chi connectivity index (χ0v) is 76.0. The first-order valence-corrected chi connectivity index (χ1v) is 39.9. The van der Waals surface area contributed by atoms with Gasteiger partial charge in [-0.2, -0.15) is 5.10 Å². The zero-order valence-electron chi connectivity index (χ0n) is 68.9. The number of rotatable bonds is 19. The molecule has 8 bridgehead atoms. The first-order chi connectivity index (χ1) is 54.5. The second-order valence-corrected chi connectivity index (χ2v) is 28.7. The van der Waals surface area contributed by atoms with Gasteiger partial charge in [0.15, 0.2) is 0 Å². The average molecular weight is 2010 g/mol. The molecule has 5 aromatic heterocycles. The van der Waals surface area contributed by atoms with E-state index in [-0.39, 0.29) is 90.5 Å². The van der Waals surface area contributed by atoms with Crippen molar-refractivity contribution in [3.63, 3.8) is 0 Å². The van der Waals surface area contributed by atoms with Gasteiger partial charge in [-0.15, -0.1) is 58.0 Å². The average Bonchev–Trinajstić information content (AvgIpc) is 1.43. The van der Waals surface area contributed by atoms with Crippen LogP contribution in [0.15, 0.2) is 249 Å². The van der Waals surface area contributed by atoms with Crippen LogP contribution < -0.4 is 19.8 Å². The molecule has 13 aromatic rings. The third-order valence-electron chi connectivity index (χ3n) is 20.9. The van der Waals surface area contributed by atoms with Crippen molar-refractivity contribution >= 4 is 111 Å². The van der Waals surface area contributed by atoms with Crippen molar-refractivity contribution in [3.05, 3.63) is 356 Å². The molecule has 0 fully saturated rings. The van der Waals surface area contributed by atoms with Crippen LogP contribution in [0.2, 0.25) is 0 Å². The molecule has 0 saturated carbocycles. The molecule has 0 N–H and O–H groups in total. The molecule has 9 nitrogen and oxygen atoms in total. The fourth-order valence-corrected chi connectivity index (χ4v) is 14.9. The van der Waals surface area contributed by atoms with Crippen molar-refractivity contribution in [1.29, 1.82) is 0 Å². The second-order valence-electron chi connectivity index (χ2n) is 28.7. The van der Waals surface area contributed by atoms with Crippen LogP contribution >= 0.6 is 0 Å². The normalized spacial score (nSPS) is 11.5. The Kier molecular flexibility index (Phi) is 33.6. The molecule has 15 rings (SSSR count). The monoisotopic (exact) mass is 2010 g/mol. The molecular formula is C102H104BEuIrN9Pt-. The van der Waals surface area contributed by atoms with Gasteiger partial charge in [0.05, 0.1) is 28.5 Å². The Morgan fingerprint density at radius 3 is 0.870 bits per heavy atom. The van der Waals surface area contributed by atoms with Crippen molar-refractivity contribution < 1.29 is 90.5 Å². The minimum atomic E-state index is 0. The fourth-order valence-electron chi connectivity index (χ4n) is 14.9. The predicted octanol–water partition coefficient (Wildman–Crippen LogP) is 26.2. The van der Waals surface area contributed by atoms with Crippen LogP contribution in [0, 0.1) is 97.0 Å². The van der Waals surface area contributed by atoms with E-state index in [2.05, 4.69) is 335 Å². The van der Waals surface area contributed by atoms with Gasteiger partial charge in [-0.25, -0.2) is 9.97 Å². The maximum absolute atomic E-state index is 5.25.